The molecule has 114 valence electrons. The lowest BCUT2D eigenvalue weighted by Gasteiger charge is -2.11. The summed E-state index contributed by atoms with van der Waals surface area (Å²) in [5.41, 5.74) is 5.55. The Balaban J connectivity index is 2.20. The number of aryl methyl sites for hydroxylation is 1. The third kappa shape index (κ3) is 2.57. The van der Waals surface area contributed by atoms with Crippen LogP contribution in [0, 0.1) is 6.92 Å². The van der Waals surface area contributed by atoms with Crippen molar-refractivity contribution in [3.8, 4) is 17.0 Å². The SMILES string of the molecule is COc1ccc(-c2nc3c(C)cccn3c2CN(C)C)cc1. The lowest BCUT2D eigenvalue weighted by molar-refractivity contribution is 0.396. The van der Waals surface area contributed by atoms with Gasteiger partial charge in [0.05, 0.1) is 18.5 Å². The Morgan fingerprint density at radius 1 is 1.14 bits per heavy atom. The predicted octanol–water partition coefficient (Wildman–Crippen LogP) is 3.38. The van der Waals surface area contributed by atoms with Crippen molar-refractivity contribution in [3.63, 3.8) is 0 Å². The molecule has 3 rings (SSSR count). The quantitative estimate of drug-likeness (QED) is 0.739. The zero-order valence-electron chi connectivity index (χ0n) is 13.5. The first kappa shape index (κ1) is 14.6. The van der Waals surface area contributed by atoms with E-state index in [0.29, 0.717) is 0 Å². The Bertz CT molecular complexity index is 788. The van der Waals surface area contributed by atoms with E-state index in [2.05, 4.69) is 60.8 Å². The monoisotopic (exact) mass is 295 g/mol. The summed E-state index contributed by atoms with van der Waals surface area (Å²) >= 11 is 0. The molecule has 1 aromatic carbocycles. The maximum atomic E-state index is 5.24. The van der Waals surface area contributed by atoms with E-state index in [1.54, 1.807) is 7.11 Å². The van der Waals surface area contributed by atoms with Crippen molar-refractivity contribution < 1.29 is 4.74 Å². The summed E-state index contributed by atoms with van der Waals surface area (Å²) < 4.78 is 7.43. The molecule has 0 bridgehead atoms. The molecular formula is C18H21N3O. The van der Waals surface area contributed by atoms with E-state index in [1.165, 1.54) is 11.3 Å². The Kier molecular flexibility index (Phi) is 3.86. The van der Waals surface area contributed by atoms with Crippen LogP contribution in [-0.4, -0.2) is 35.5 Å². The fraction of sp³-hybridized carbons (Fsp3) is 0.278. The van der Waals surface area contributed by atoms with Gasteiger partial charge in [-0.1, -0.05) is 6.07 Å². The molecule has 0 aliphatic rings. The van der Waals surface area contributed by atoms with Gasteiger partial charge in [0.15, 0.2) is 0 Å². The molecule has 0 unspecified atom stereocenters. The van der Waals surface area contributed by atoms with E-state index in [9.17, 15) is 0 Å². The van der Waals surface area contributed by atoms with Crippen molar-refractivity contribution in [1.82, 2.24) is 14.3 Å². The maximum Gasteiger partial charge on any atom is 0.140 e. The topological polar surface area (TPSA) is 29.8 Å². The average molecular weight is 295 g/mol. The average Bonchev–Trinajstić information content (AvgIpc) is 2.87. The largest absolute Gasteiger partial charge is 0.497 e. The lowest BCUT2D eigenvalue weighted by atomic mass is 10.1. The zero-order valence-corrected chi connectivity index (χ0v) is 13.5. The molecule has 2 aromatic heterocycles. The number of ether oxygens (including phenoxy) is 1. The molecule has 2 heterocycles. The van der Waals surface area contributed by atoms with Gasteiger partial charge in [0.25, 0.3) is 0 Å². The van der Waals surface area contributed by atoms with E-state index in [1.807, 2.05) is 12.1 Å². The first-order valence-corrected chi connectivity index (χ1v) is 7.36. The highest BCUT2D eigenvalue weighted by molar-refractivity contribution is 5.68. The number of aromatic nitrogens is 2. The van der Waals surface area contributed by atoms with Gasteiger partial charge in [0.1, 0.15) is 11.4 Å². The van der Waals surface area contributed by atoms with Gasteiger partial charge in [-0.05, 0) is 56.9 Å². The summed E-state index contributed by atoms with van der Waals surface area (Å²) in [6.45, 7) is 2.94. The Morgan fingerprint density at radius 3 is 2.50 bits per heavy atom. The second kappa shape index (κ2) is 5.81. The van der Waals surface area contributed by atoms with Crippen LogP contribution in [-0.2, 0) is 6.54 Å². The van der Waals surface area contributed by atoms with Crippen molar-refractivity contribution in [3.05, 3.63) is 53.9 Å². The first-order chi connectivity index (χ1) is 10.6. The minimum Gasteiger partial charge on any atom is -0.497 e. The third-order valence-electron chi connectivity index (χ3n) is 3.77. The molecular weight excluding hydrogens is 274 g/mol. The van der Waals surface area contributed by atoms with Crippen LogP contribution in [0.2, 0.25) is 0 Å². The Labute approximate surface area is 131 Å². The highest BCUT2D eigenvalue weighted by Crippen LogP contribution is 2.28. The number of hydrogen-bond donors (Lipinski definition) is 0. The summed E-state index contributed by atoms with van der Waals surface area (Å²) in [5, 5.41) is 0. The molecule has 22 heavy (non-hydrogen) atoms. The minimum atomic E-state index is 0.839. The van der Waals surface area contributed by atoms with Gasteiger partial charge in [-0.25, -0.2) is 4.98 Å². The molecule has 0 saturated heterocycles. The first-order valence-electron chi connectivity index (χ1n) is 7.36. The number of rotatable bonds is 4. The smallest absolute Gasteiger partial charge is 0.140 e. The van der Waals surface area contributed by atoms with Crippen LogP contribution in [0.4, 0.5) is 0 Å². The van der Waals surface area contributed by atoms with Gasteiger partial charge in [-0.15, -0.1) is 0 Å². The summed E-state index contributed by atoms with van der Waals surface area (Å²) in [4.78, 5) is 7.05. The highest BCUT2D eigenvalue weighted by atomic mass is 16.5. The lowest BCUT2D eigenvalue weighted by Crippen LogP contribution is -2.13. The summed E-state index contributed by atoms with van der Waals surface area (Å²) in [7, 11) is 5.83. The van der Waals surface area contributed by atoms with Crippen LogP contribution in [0.25, 0.3) is 16.9 Å². The van der Waals surface area contributed by atoms with Gasteiger partial charge in [-0.2, -0.15) is 0 Å². The maximum absolute atomic E-state index is 5.24. The fourth-order valence-corrected chi connectivity index (χ4v) is 2.68. The molecule has 0 N–H and O–H groups in total. The Hall–Kier alpha value is -2.33. The van der Waals surface area contributed by atoms with Crippen LogP contribution >= 0.6 is 0 Å². The van der Waals surface area contributed by atoms with E-state index in [4.69, 9.17) is 9.72 Å². The highest BCUT2D eigenvalue weighted by Gasteiger charge is 2.15. The number of methoxy groups -OCH3 is 1. The Morgan fingerprint density at radius 2 is 1.86 bits per heavy atom. The number of nitrogens with zero attached hydrogens (tertiary/aromatic N) is 3. The van der Waals surface area contributed by atoms with Crippen LogP contribution < -0.4 is 4.74 Å². The number of pyridine rings is 1. The summed E-state index contributed by atoms with van der Waals surface area (Å²) in [6, 6.07) is 12.3. The van der Waals surface area contributed by atoms with Crippen LogP contribution in [0.1, 0.15) is 11.3 Å². The van der Waals surface area contributed by atoms with Crippen LogP contribution in [0.15, 0.2) is 42.6 Å². The number of hydrogen-bond acceptors (Lipinski definition) is 3. The van der Waals surface area contributed by atoms with E-state index in [0.717, 1.165) is 29.2 Å². The molecule has 0 spiro atoms. The van der Waals surface area contributed by atoms with Gasteiger partial charge >= 0.3 is 0 Å². The fourth-order valence-electron chi connectivity index (χ4n) is 2.68. The molecule has 0 saturated carbocycles. The predicted molar refractivity (Wildman–Crippen MR) is 89.3 cm³/mol. The van der Waals surface area contributed by atoms with Gasteiger partial charge < -0.3 is 14.0 Å². The van der Waals surface area contributed by atoms with E-state index < -0.39 is 0 Å². The molecule has 0 amide bonds. The van der Waals surface area contributed by atoms with E-state index in [-0.39, 0.29) is 0 Å². The molecule has 0 atom stereocenters. The van der Waals surface area contributed by atoms with Gasteiger partial charge in [0, 0.05) is 18.3 Å². The molecule has 4 nitrogen and oxygen atoms in total. The number of fused-ring (bicyclic) bond motifs is 1. The molecule has 0 radical (unpaired) electrons. The molecule has 4 heteroatoms. The second-order valence-corrected chi connectivity index (χ2v) is 5.76. The molecule has 0 aliphatic heterocycles. The molecule has 0 aliphatic carbocycles. The zero-order chi connectivity index (χ0) is 15.7. The summed E-state index contributed by atoms with van der Waals surface area (Å²) in [6.07, 6.45) is 2.08. The van der Waals surface area contributed by atoms with Crippen molar-refractivity contribution in [1.29, 1.82) is 0 Å². The van der Waals surface area contributed by atoms with Crippen LogP contribution in [0.3, 0.4) is 0 Å². The minimum absolute atomic E-state index is 0.839. The second-order valence-electron chi connectivity index (χ2n) is 5.76. The molecule has 3 aromatic rings. The van der Waals surface area contributed by atoms with Crippen LogP contribution in [0.5, 0.6) is 5.75 Å². The number of benzene rings is 1. The molecule has 0 fully saturated rings. The van der Waals surface area contributed by atoms with Crippen molar-refractivity contribution in [2.75, 3.05) is 21.2 Å². The standard InChI is InChI=1S/C18H21N3O/c1-13-6-5-11-21-16(12-20(2)3)17(19-18(13)21)14-7-9-15(22-4)10-8-14/h5-11H,12H2,1-4H3. The van der Waals surface area contributed by atoms with E-state index >= 15 is 0 Å². The van der Waals surface area contributed by atoms with Crippen molar-refractivity contribution in [2.24, 2.45) is 0 Å². The van der Waals surface area contributed by atoms with Crippen molar-refractivity contribution in [2.45, 2.75) is 13.5 Å². The normalized spacial score (nSPS) is 11.3. The van der Waals surface area contributed by atoms with Gasteiger partial charge in [-0.3, -0.25) is 0 Å². The van der Waals surface area contributed by atoms with Crippen molar-refractivity contribution >= 4 is 5.65 Å². The summed E-state index contributed by atoms with van der Waals surface area (Å²) in [5.74, 6) is 0.859. The third-order valence-corrected chi connectivity index (χ3v) is 3.77. The number of imidazole rings is 1. The van der Waals surface area contributed by atoms with Gasteiger partial charge in [0.2, 0.25) is 0 Å².